The molecule has 0 radical (unpaired) electrons. The molecule has 170 valence electrons. The van der Waals surface area contributed by atoms with Crippen molar-refractivity contribution in [2.75, 3.05) is 32.8 Å². The van der Waals surface area contributed by atoms with Crippen LogP contribution in [0.3, 0.4) is 0 Å². The van der Waals surface area contributed by atoms with Crippen molar-refractivity contribution in [2.24, 2.45) is 4.99 Å². The highest BCUT2D eigenvalue weighted by atomic mass is 32.2. The molecule has 1 aromatic carbocycles. The average molecular weight is 450 g/mol. The van der Waals surface area contributed by atoms with E-state index in [1.165, 1.54) is 4.31 Å². The second kappa shape index (κ2) is 10.7. The Kier molecular flexibility index (Phi) is 8.05. The number of nitrogens with one attached hydrogen (secondary N) is 2. The van der Waals surface area contributed by atoms with E-state index in [4.69, 9.17) is 9.15 Å². The van der Waals surface area contributed by atoms with Crippen LogP contribution in [0, 0.1) is 13.8 Å². The van der Waals surface area contributed by atoms with Crippen LogP contribution >= 0.6 is 0 Å². The Morgan fingerprint density at radius 1 is 1.16 bits per heavy atom. The fourth-order valence-electron chi connectivity index (χ4n) is 3.25. The lowest BCUT2D eigenvalue weighted by molar-refractivity contribution is 0.0729. The number of ether oxygens (including phenoxy) is 1. The lowest BCUT2D eigenvalue weighted by atomic mass is 10.1. The van der Waals surface area contributed by atoms with Crippen molar-refractivity contribution in [2.45, 2.75) is 39.6 Å². The fourth-order valence-corrected chi connectivity index (χ4v) is 4.81. The van der Waals surface area contributed by atoms with Gasteiger partial charge in [0.05, 0.1) is 37.8 Å². The van der Waals surface area contributed by atoms with Gasteiger partial charge in [-0.05, 0) is 31.9 Å². The van der Waals surface area contributed by atoms with Gasteiger partial charge >= 0.3 is 0 Å². The molecule has 2 aromatic rings. The summed E-state index contributed by atoms with van der Waals surface area (Å²) in [6.07, 6.45) is 0. The maximum absolute atomic E-state index is 12.8. The number of hydrogen-bond acceptors (Lipinski definition) is 6. The molecule has 1 aliphatic rings. The van der Waals surface area contributed by atoms with Crippen molar-refractivity contribution in [3.8, 4) is 0 Å². The molecule has 0 atom stereocenters. The van der Waals surface area contributed by atoms with E-state index in [9.17, 15) is 8.42 Å². The van der Waals surface area contributed by atoms with Crippen LogP contribution in [0.5, 0.6) is 0 Å². The van der Waals surface area contributed by atoms with Gasteiger partial charge in [0.15, 0.2) is 5.96 Å². The Bertz CT molecular complexity index is 977. The van der Waals surface area contributed by atoms with E-state index in [0.29, 0.717) is 57.8 Å². The molecule has 1 fully saturated rings. The molecule has 0 aliphatic carbocycles. The Morgan fingerprint density at radius 2 is 1.87 bits per heavy atom. The molecule has 10 heteroatoms. The number of aliphatic imine (C=N–C) groups is 1. The first kappa shape index (κ1) is 23.2. The van der Waals surface area contributed by atoms with E-state index in [0.717, 1.165) is 22.6 Å². The van der Waals surface area contributed by atoms with E-state index in [1.54, 1.807) is 0 Å². The molecule has 1 aromatic heterocycles. The molecule has 0 bridgehead atoms. The summed E-state index contributed by atoms with van der Waals surface area (Å²) in [4.78, 5) is 8.99. The van der Waals surface area contributed by atoms with E-state index < -0.39 is 10.0 Å². The van der Waals surface area contributed by atoms with Gasteiger partial charge in [0.2, 0.25) is 15.9 Å². The number of hydrogen-bond donors (Lipinski definition) is 2. The minimum Gasteiger partial charge on any atom is -0.444 e. The Labute approximate surface area is 184 Å². The van der Waals surface area contributed by atoms with Crippen molar-refractivity contribution in [1.82, 2.24) is 19.9 Å². The van der Waals surface area contributed by atoms with Crippen molar-refractivity contribution < 1.29 is 17.6 Å². The summed E-state index contributed by atoms with van der Waals surface area (Å²) in [6.45, 7) is 8.91. The van der Waals surface area contributed by atoms with Crippen LogP contribution in [0.1, 0.15) is 35.4 Å². The van der Waals surface area contributed by atoms with E-state index in [-0.39, 0.29) is 5.75 Å². The van der Waals surface area contributed by atoms with Gasteiger partial charge in [-0.3, -0.25) is 0 Å². The molecular formula is C21H31N5O4S. The number of sulfonamides is 1. The summed E-state index contributed by atoms with van der Waals surface area (Å²) in [5.74, 6) is 1.96. The first-order valence-electron chi connectivity index (χ1n) is 10.5. The number of guanidine groups is 1. The summed E-state index contributed by atoms with van der Waals surface area (Å²) in [5, 5.41) is 6.40. The van der Waals surface area contributed by atoms with Crippen molar-refractivity contribution >= 4 is 16.0 Å². The van der Waals surface area contributed by atoms with Gasteiger partial charge in [-0.25, -0.2) is 18.4 Å². The standard InChI is InChI=1S/C21H31N5O4S/c1-4-22-21(24-14-20-25-16(2)17(3)30-20)23-13-18-7-5-6-8-19(18)15-31(27,28)26-9-11-29-12-10-26/h5-8H,4,9-15H2,1-3H3,(H2,22,23,24). The predicted octanol–water partition coefficient (Wildman–Crippen LogP) is 1.71. The average Bonchev–Trinajstić information content (AvgIpc) is 3.09. The maximum Gasteiger partial charge on any atom is 0.218 e. The normalized spacial score (nSPS) is 15.8. The van der Waals surface area contributed by atoms with Crippen LogP contribution in [0.25, 0.3) is 0 Å². The van der Waals surface area contributed by atoms with Crippen molar-refractivity contribution in [1.29, 1.82) is 0 Å². The molecule has 9 nitrogen and oxygen atoms in total. The Morgan fingerprint density at radius 3 is 2.52 bits per heavy atom. The molecule has 2 heterocycles. The molecule has 0 saturated carbocycles. The van der Waals surface area contributed by atoms with Crippen LogP contribution in [-0.4, -0.2) is 56.5 Å². The van der Waals surface area contributed by atoms with Crippen LogP contribution < -0.4 is 10.6 Å². The molecule has 1 saturated heterocycles. The molecule has 0 amide bonds. The summed E-state index contributed by atoms with van der Waals surface area (Å²) < 4.78 is 38.0. The smallest absolute Gasteiger partial charge is 0.218 e. The number of rotatable bonds is 8. The number of nitrogens with zero attached hydrogens (tertiary/aromatic N) is 3. The summed E-state index contributed by atoms with van der Waals surface area (Å²) >= 11 is 0. The topological polar surface area (TPSA) is 109 Å². The quantitative estimate of drug-likeness (QED) is 0.466. The van der Waals surface area contributed by atoms with Gasteiger partial charge in [0.25, 0.3) is 0 Å². The van der Waals surface area contributed by atoms with Gasteiger partial charge in [0, 0.05) is 19.6 Å². The summed E-state index contributed by atoms with van der Waals surface area (Å²) in [5.41, 5.74) is 2.50. The highest BCUT2D eigenvalue weighted by Crippen LogP contribution is 2.17. The van der Waals surface area contributed by atoms with Gasteiger partial charge in [0.1, 0.15) is 5.76 Å². The van der Waals surface area contributed by atoms with E-state index in [2.05, 4.69) is 20.6 Å². The van der Waals surface area contributed by atoms with Gasteiger partial charge in [-0.15, -0.1) is 0 Å². The molecule has 0 unspecified atom stereocenters. The lowest BCUT2D eigenvalue weighted by Gasteiger charge is -2.26. The SMILES string of the molecule is CCNC(=NCc1ccccc1CS(=O)(=O)N1CCOCC1)NCc1nc(C)c(C)o1. The van der Waals surface area contributed by atoms with Crippen LogP contribution in [0.4, 0.5) is 0 Å². The first-order valence-corrected chi connectivity index (χ1v) is 12.1. The van der Waals surface area contributed by atoms with Crippen molar-refractivity contribution in [3.63, 3.8) is 0 Å². The minimum atomic E-state index is -3.40. The zero-order chi connectivity index (χ0) is 22.3. The third-order valence-electron chi connectivity index (χ3n) is 5.05. The highest BCUT2D eigenvalue weighted by Gasteiger charge is 2.25. The van der Waals surface area contributed by atoms with Gasteiger partial charge in [-0.1, -0.05) is 24.3 Å². The van der Waals surface area contributed by atoms with Crippen LogP contribution in [0.15, 0.2) is 33.7 Å². The molecular weight excluding hydrogens is 418 g/mol. The number of benzene rings is 1. The fraction of sp³-hybridized carbons (Fsp3) is 0.524. The minimum absolute atomic E-state index is 0.0441. The zero-order valence-corrected chi connectivity index (χ0v) is 19.2. The van der Waals surface area contributed by atoms with E-state index >= 15 is 0 Å². The molecule has 3 rings (SSSR count). The summed E-state index contributed by atoms with van der Waals surface area (Å²) in [6, 6.07) is 7.52. The highest BCUT2D eigenvalue weighted by molar-refractivity contribution is 7.88. The van der Waals surface area contributed by atoms with Gasteiger partial charge in [-0.2, -0.15) is 4.31 Å². The van der Waals surface area contributed by atoms with Crippen LogP contribution in [-0.2, 0) is 33.6 Å². The van der Waals surface area contributed by atoms with Crippen molar-refractivity contribution in [3.05, 3.63) is 52.7 Å². The lowest BCUT2D eigenvalue weighted by Crippen LogP contribution is -2.41. The largest absolute Gasteiger partial charge is 0.444 e. The third-order valence-corrected chi connectivity index (χ3v) is 6.88. The van der Waals surface area contributed by atoms with Gasteiger partial charge < -0.3 is 19.8 Å². The van der Waals surface area contributed by atoms with Crippen LogP contribution in [0.2, 0.25) is 0 Å². The number of aromatic nitrogens is 1. The Balaban J connectivity index is 1.69. The number of oxazole rings is 1. The van der Waals surface area contributed by atoms with E-state index in [1.807, 2.05) is 45.0 Å². The molecule has 2 N–H and O–H groups in total. The predicted molar refractivity (Wildman–Crippen MR) is 119 cm³/mol. The Hall–Kier alpha value is -2.43. The first-order chi connectivity index (χ1) is 14.9. The second-order valence-corrected chi connectivity index (χ2v) is 9.30. The third kappa shape index (κ3) is 6.52. The molecule has 31 heavy (non-hydrogen) atoms. The number of aryl methyl sites for hydroxylation is 2. The maximum atomic E-state index is 12.8. The number of morpholine rings is 1. The molecule has 1 aliphatic heterocycles. The molecule has 0 spiro atoms. The summed E-state index contributed by atoms with van der Waals surface area (Å²) in [7, 11) is -3.40. The second-order valence-electron chi connectivity index (χ2n) is 7.33. The zero-order valence-electron chi connectivity index (χ0n) is 18.3. The monoisotopic (exact) mass is 449 g/mol.